The van der Waals surface area contributed by atoms with Gasteiger partial charge in [0.15, 0.2) is 0 Å². The largest absolute Gasteiger partial charge is 0.357 e. The lowest BCUT2D eigenvalue weighted by atomic mass is 10.5. The molecule has 0 aliphatic carbocycles. The topological polar surface area (TPSA) is 78.9 Å². The summed E-state index contributed by atoms with van der Waals surface area (Å²) in [5.41, 5.74) is 2.77. The third-order valence-electron chi connectivity index (χ3n) is 2.16. The van der Waals surface area contributed by atoms with E-state index < -0.39 is 0 Å². The molecule has 0 amide bonds. The maximum Gasteiger partial charge on any atom is 0.231 e. The fourth-order valence-electron chi connectivity index (χ4n) is 1.25. The molecule has 18 heavy (non-hydrogen) atoms. The summed E-state index contributed by atoms with van der Waals surface area (Å²) in [5.74, 6) is 1.68. The molecule has 0 aromatic carbocycles. The van der Waals surface area contributed by atoms with E-state index in [-0.39, 0.29) is 0 Å². The van der Waals surface area contributed by atoms with Crippen molar-refractivity contribution in [3.05, 3.63) is 16.6 Å². The molecular weight excluding hydrogens is 250 g/mol. The van der Waals surface area contributed by atoms with E-state index in [0.717, 1.165) is 5.69 Å². The number of aromatic nitrogens is 4. The standard InChI is InChI=1S/C10H15N7S/c1-11-8-14-9(16-10(15-8)17(2)3)12-4-7-5-18-6-13-7/h5-6H,4H2,1-3H3,(H2,11,12,14,15,16). The summed E-state index contributed by atoms with van der Waals surface area (Å²) in [6.45, 7) is 0.601. The van der Waals surface area contributed by atoms with Gasteiger partial charge in [-0.25, -0.2) is 4.98 Å². The zero-order valence-corrected chi connectivity index (χ0v) is 11.3. The summed E-state index contributed by atoms with van der Waals surface area (Å²) in [6, 6.07) is 0. The minimum absolute atomic E-state index is 0.533. The van der Waals surface area contributed by atoms with Gasteiger partial charge in [-0.1, -0.05) is 0 Å². The van der Waals surface area contributed by atoms with Crippen molar-refractivity contribution in [1.82, 2.24) is 19.9 Å². The summed E-state index contributed by atoms with van der Waals surface area (Å²) in [5, 5.41) is 8.03. The number of thiazole rings is 1. The maximum absolute atomic E-state index is 4.31. The van der Waals surface area contributed by atoms with Crippen molar-refractivity contribution < 1.29 is 0 Å². The molecule has 0 radical (unpaired) electrons. The van der Waals surface area contributed by atoms with Crippen LogP contribution in [0.3, 0.4) is 0 Å². The fraction of sp³-hybridized carbons (Fsp3) is 0.400. The van der Waals surface area contributed by atoms with Crippen molar-refractivity contribution in [3.63, 3.8) is 0 Å². The Morgan fingerprint density at radius 1 is 1.22 bits per heavy atom. The highest BCUT2D eigenvalue weighted by Crippen LogP contribution is 2.12. The Balaban J connectivity index is 2.13. The second-order valence-electron chi connectivity index (χ2n) is 3.76. The summed E-state index contributed by atoms with van der Waals surface area (Å²) >= 11 is 1.57. The molecule has 0 spiro atoms. The van der Waals surface area contributed by atoms with Crippen molar-refractivity contribution in [2.24, 2.45) is 0 Å². The molecule has 7 nitrogen and oxygen atoms in total. The van der Waals surface area contributed by atoms with Gasteiger partial charge < -0.3 is 15.5 Å². The first-order chi connectivity index (χ1) is 8.69. The molecule has 0 atom stereocenters. The molecular formula is C10H15N7S. The minimum atomic E-state index is 0.533. The van der Waals surface area contributed by atoms with Crippen molar-refractivity contribution >= 4 is 29.2 Å². The molecule has 0 aliphatic rings. The third-order valence-corrected chi connectivity index (χ3v) is 2.79. The highest BCUT2D eigenvalue weighted by Gasteiger charge is 2.07. The van der Waals surface area contributed by atoms with Crippen LogP contribution >= 0.6 is 11.3 Å². The van der Waals surface area contributed by atoms with Gasteiger partial charge in [-0.2, -0.15) is 15.0 Å². The summed E-state index contributed by atoms with van der Waals surface area (Å²) in [7, 11) is 5.55. The number of nitrogens with one attached hydrogen (secondary N) is 2. The molecule has 8 heteroatoms. The van der Waals surface area contributed by atoms with E-state index in [4.69, 9.17) is 0 Å². The van der Waals surface area contributed by atoms with Crippen LogP contribution < -0.4 is 15.5 Å². The van der Waals surface area contributed by atoms with Gasteiger partial charge in [0.25, 0.3) is 0 Å². The predicted molar refractivity (Wildman–Crippen MR) is 73.1 cm³/mol. The fourth-order valence-corrected chi connectivity index (χ4v) is 1.81. The quantitative estimate of drug-likeness (QED) is 0.836. The van der Waals surface area contributed by atoms with Crippen molar-refractivity contribution in [2.45, 2.75) is 6.54 Å². The molecule has 96 valence electrons. The van der Waals surface area contributed by atoms with Crippen LogP contribution in [0.15, 0.2) is 10.9 Å². The van der Waals surface area contributed by atoms with E-state index in [1.54, 1.807) is 23.9 Å². The van der Waals surface area contributed by atoms with Gasteiger partial charge in [0, 0.05) is 26.5 Å². The second-order valence-corrected chi connectivity index (χ2v) is 4.48. The zero-order chi connectivity index (χ0) is 13.0. The minimum Gasteiger partial charge on any atom is -0.357 e. The highest BCUT2D eigenvalue weighted by molar-refractivity contribution is 7.07. The molecule has 0 bridgehead atoms. The number of nitrogens with zero attached hydrogens (tertiary/aromatic N) is 5. The van der Waals surface area contributed by atoms with Crippen LogP contribution in [0.5, 0.6) is 0 Å². The molecule has 0 fully saturated rings. The summed E-state index contributed by atoms with van der Waals surface area (Å²) < 4.78 is 0. The average molecular weight is 265 g/mol. The molecule has 2 rings (SSSR count). The molecule has 0 saturated heterocycles. The van der Waals surface area contributed by atoms with Gasteiger partial charge >= 0.3 is 0 Å². The lowest BCUT2D eigenvalue weighted by molar-refractivity contribution is 0.938. The molecule has 2 aromatic rings. The van der Waals surface area contributed by atoms with Crippen molar-refractivity contribution in [3.8, 4) is 0 Å². The SMILES string of the molecule is CNc1nc(NCc2cscn2)nc(N(C)C)n1. The molecule has 2 N–H and O–H groups in total. The zero-order valence-electron chi connectivity index (χ0n) is 10.5. The van der Waals surface area contributed by atoms with E-state index >= 15 is 0 Å². The van der Waals surface area contributed by atoms with Gasteiger partial charge in [0.1, 0.15) is 0 Å². The van der Waals surface area contributed by atoms with E-state index in [2.05, 4.69) is 30.6 Å². The third kappa shape index (κ3) is 3.04. The van der Waals surface area contributed by atoms with Gasteiger partial charge in [-0.15, -0.1) is 11.3 Å². The van der Waals surface area contributed by atoms with E-state index in [0.29, 0.717) is 24.4 Å². The normalized spacial score (nSPS) is 10.2. The first-order valence-electron chi connectivity index (χ1n) is 5.41. The van der Waals surface area contributed by atoms with Crippen LogP contribution in [0, 0.1) is 0 Å². The van der Waals surface area contributed by atoms with E-state index in [9.17, 15) is 0 Å². The Labute approximate surface area is 109 Å². The number of rotatable bonds is 5. The van der Waals surface area contributed by atoms with Crippen LogP contribution in [-0.4, -0.2) is 41.1 Å². The average Bonchev–Trinajstić information content (AvgIpc) is 2.89. The highest BCUT2D eigenvalue weighted by atomic mass is 32.1. The van der Waals surface area contributed by atoms with E-state index in [1.165, 1.54) is 0 Å². The number of hydrogen-bond acceptors (Lipinski definition) is 8. The summed E-state index contributed by atoms with van der Waals surface area (Å²) in [6.07, 6.45) is 0. The Hall–Kier alpha value is -1.96. The van der Waals surface area contributed by atoms with Crippen LogP contribution in [0.4, 0.5) is 17.8 Å². The van der Waals surface area contributed by atoms with Crippen LogP contribution in [0.25, 0.3) is 0 Å². The van der Waals surface area contributed by atoms with Crippen LogP contribution in [0.2, 0.25) is 0 Å². The first kappa shape index (κ1) is 12.5. The Morgan fingerprint density at radius 3 is 2.61 bits per heavy atom. The predicted octanol–water partition coefficient (Wildman–Crippen LogP) is 1.05. The first-order valence-corrected chi connectivity index (χ1v) is 6.35. The van der Waals surface area contributed by atoms with Crippen LogP contribution in [-0.2, 0) is 6.54 Å². The molecule has 0 aliphatic heterocycles. The second kappa shape index (κ2) is 5.58. The molecule has 2 heterocycles. The molecule has 0 saturated carbocycles. The number of anilines is 3. The lowest BCUT2D eigenvalue weighted by Crippen LogP contribution is -2.16. The van der Waals surface area contributed by atoms with Crippen LogP contribution in [0.1, 0.15) is 5.69 Å². The van der Waals surface area contributed by atoms with Gasteiger partial charge in [0.2, 0.25) is 17.8 Å². The number of hydrogen-bond donors (Lipinski definition) is 2. The smallest absolute Gasteiger partial charge is 0.231 e. The van der Waals surface area contributed by atoms with Gasteiger partial charge in [-0.05, 0) is 0 Å². The molecule has 2 aromatic heterocycles. The Kier molecular flexibility index (Phi) is 3.88. The van der Waals surface area contributed by atoms with Gasteiger partial charge in [-0.3, -0.25) is 0 Å². The molecule has 0 unspecified atom stereocenters. The lowest BCUT2D eigenvalue weighted by Gasteiger charge is -2.12. The Morgan fingerprint density at radius 2 is 2.00 bits per heavy atom. The monoisotopic (exact) mass is 265 g/mol. The van der Waals surface area contributed by atoms with Crippen molar-refractivity contribution in [1.29, 1.82) is 0 Å². The van der Waals surface area contributed by atoms with Crippen molar-refractivity contribution in [2.75, 3.05) is 36.7 Å². The van der Waals surface area contributed by atoms with Gasteiger partial charge in [0.05, 0.1) is 17.7 Å². The maximum atomic E-state index is 4.31. The summed E-state index contributed by atoms with van der Waals surface area (Å²) in [4.78, 5) is 18.8. The Bertz CT molecular complexity index is 497. The van der Waals surface area contributed by atoms with E-state index in [1.807, 2.05) is 24.4 Å².